The molecule has 1 aliphatic rings. The maximum atomic E-state index is 12.7. The molecule has 0 saturated carbocycles. The zero-order valence-electron chi connectivity index (χ0n) is 13.3. The fraction of sp³-hybridized carbons (Fsp3) is 0.375. The number of ketones is 1. The number of aromatic nitrogens is 3. The number of carbonyl (C=O) groups excluding carboxylic acids is 2. The van der Waals surface area contributed by atoms with E-state index in [4.69, 9.17) is 0 Å². The molecule has 3 rings (SSSR count). The number of hydrogen-bond acceptors (Lipinski definition) is 5. The number of nitrogens with zero attached hydrogens (tertiary/aromatic N) is 4. The number of benzene rings is 1. The molecule has 120 valence electrons. The van der Waals surface area contributed by atoms with Crippen LogP contribution in [0.2, 0.25) is 0 Å². The van der Waals surface area contributed by atoms with Gasteiger partial charge in [0.15, 0.2) is 5.78 Å². The molecule has 0 radical (unpaired) electrons. The van der Waals surface area contributed by atoms with Gasteiger partial charge in [0.05, 0.1) is 11.2 Å². The Balaban J connectivity index is 1.97. The highest BCUT2D eigenvalue weighted by atomic mass is 16.3. The van der Waals surface area contributed by atoms with E-state index in [0.717, 1.165) is 0 Å². The molecule has 7 heteroatoms. The SMILES string of the molecule is CC(C)(C)n1cnc(C(=O)N2CCC(=O)c3cc(O)ccc32)n1. The second-order valence-corrected chi connectivity index (χ2v) is 6.51. The monoisotopic (exact) mass is 314 g/mol. The fourth-order valence-electron chi connectivity index (χ4n) is 2.47. The summed E-state index contributed by atoms with van der Waals surface area (Å²) >= 11 is 0. The second kappa shape index (κ2) is 5.19. The van der Waals surface area contributed by atoms with Crippen molar-refractivity contribution < 1.29 is 14.7 Å². The molecule has 0 fully saturated rings. The highest BCUT2D eigenvalue weighted by Crippen LogP contribution is 2.30. The maximum absolute atomic E-state index is 12.7. The lowest BCUT2D eigenvalue weighted by atomic mass is 10.00. The lowest BCUT2D eigenvalue weighted by molar-refractivity contribution is 0.0949. The van der Waals surface area contributed by atoms with E-state index in [9.17, 15) is 14.7 Å². The first-order chi connectivity index (χ1) is 10.8. The quantitative estimate of drug-likeness (QED) is 0.869. The van der Waals surface area contributed by atoms with Crippen molar-refractivity contribution in [2.24, 2.45) is 0 Å². The Morgan fingerprint density at radius 3 is 2.70 bits per heavy atom. The van der Waals surface area contributed by atoms with Crippen LogP contribution in [0.3, 0.4) is 0 Å². The van der Waals surface area contributed by atoms with Gasteiger partial charge in [0.1, 0.15) is 12.1 Å². The molecule has 2 heterocycles. The van der Waals surface area contributed by atoms with Gasteiger partial charge in [-0.1, -0.05) is 0 Å². The van der Waals surface area contributed by atoms with Gasteiger partial charge in [0, 0.05) is 18.5 Å². The fourth-order valence-corrected chi connectivity index (χ4v) is 2.47. The average molecular weight is 314 g/mol. The van der Waals surface area contributed by atoms with Crippen LogP contribution in [-0.4, -0.2) is 38.1 Å². The summed E-state index contributed by atoms with van der Waals surface area (Å²) in [4.78, 5) is 30.3. The van der Waals surface area contributed by atoms with E-state index in [1.807, 2.05) is 20.8 Å². The van der Waals surface area contributed by atoms with Crippen molar-refractivity contribution in [3.63, 3.8) is 0 Å². The maximum Gasteiger partial charge on any atom is 0.297 e. The normalized spacial score (nSPS) is 14.7. The van der Waals surface area contributed by atoms with Gasteiger partial charge in [-0.2, -0.15) is 0 Å². The Kier molecular flexibility index (Phi) is 3.43. The number of hydrogen-bond donors (Lipinski definition) is 1. The number of aromatic hydroxyl groups is 1. The van der Waals surface area contributed by atoms with Gasteiger partial charge in [0.2, 0.25) is 5.82 Å². The Labute approximate surface area is 133 Å². The summed E-state index contributed by atoms with van der Waals surface area (Å²) in [6.07, 6.45) is 1.74. The third-order valence-corrected chi connectivity index (χ3v) is 3.75. The second-order valence-electron chi connectivity index (χ2n) is 6.51. The molecule has 0 unspecified atom stereocenters. The van der Waals surface area contributed by atoms with Gasteiger partial charge in [-0.25, -0.2) is 9.67 Å². The Bertz CT molecular complexity index is 789. The van der Waals surface area contributed by atoms with E-state index < -0.39 is 0 Å². The number of carbonyl (C=O) groups is 2. The molecule has 1 aromatic carbocycles. The molecule has 0 saturated heterocycles. The van der Waals surface area contributed by atoms with Gasteiger partial charge in [-0.15, -0.1) is 5.10 Å². The van der Waals surface area contributed by atoms with E-state index in [-0.39, 0.29) is 41.8 Å². The molecule has 1 amide bonds. The Morgan fingerprint density at radius 2 is 2.04 bits per heavy atom. The molecular formula is C16H18N4O3. The summed E-state index contributed by atoms with van der Waals surface area (Å²) in [6, 6.07) is 4.41. The predicted molar refractivity (Wildman–Crippen MR) is 83.7 cm³/mol. The van der Waals surface area contributed by atoms with Crippen molar-refractivity contribution in [2.75, 3.05) is 11.4 Å². The number of amides is 1. The number of anilines is 1. The molecule has 0 bridgehead atoms. The van der Waals surface area contributed by atoms with Crippen molar-refractivity contribution in [1.29, 1.82) is 0 Å². The minimum atomic E-state index is -0.354. The Hall–Kier alpha value is -2.70. The van der Waals surface area contributed by atoms with Gasteiger partial charge in [-0.05, 0) is 39.0 Å². The van der Waals surface area contributed by atoms with Crippen LogP contribution >= 0.6 is 0 Å². The summed E-state index contributed by atoms with van der Waals surface area (Å²) in [5.74, 6) is -0.351. The van der Waals surface area contributed by atoms with Gasteiger partial charge < -0.3 is 10.0 Å². The predicted octanol–water partition coefficient (Wildman–Crippen LogP) is 1.97. The lowest BCUT2D eigenvalue weighted by Crippen LogP contribution is -2.38. The van der Waals surface area contributed by atoms with E-state index in [2.05, 4.69) is 10.1 Å². The van der Waals surface area contributed by atoms with Crippen molar-refractivity contribution in [2.45, 2.75) is 32.7 Å². The molecule has 23 heavy (non-hydrogen) atoms. The molecule has 1 aliphatic heterocycles. The molecule has 0 atom stereocenters. The number of Topliss-reactive ketones (excluding diaryl/α,β-unsaturated/α-hetero) is 1. The summed E-state index contributed by atoms with van der Waals surface area (Å²) in [7, 11) is 0. The molecule has 1 N–H and O–H groups in total. The number of rotatable bonds is 1. The highest BCUT2D eigenvalue weighted by molar-refractivity contribution is 6.12. The molecule has 1 aromatic heterocycles. The van der Waals surface area contributed by atoms with Crippen molar-refractivity contribution in [3.05, 3.63) is 35.9 Å². The minimum Gasteiger partial charge on any atom is -0.508 e. The summed E-state index contributed by atoms with van der Waals surface area (Å²) in [6.45, 7) is 6.17. The number of phenols is 1. The van der Waals surface area contributed by atoms with Crippen LogP contribution in [0.4, 0.5) is 5.69 Å². The number of phenolic OH excluding ortho intramolecular Hbond substituents is 1. The minimum absolute atomic E-state index is 0.00142. The van der Waals surface area contributed by atoms with Crippen molar-refractivity contribution in [1.82, 2.24) is 14.8 Å². The van der Waals surface area contributed by atoms with Crippen molar-refractivity contribution in [3.8, 4) is 5.75 Å². The van der Waals surface area contributed by atoms with Crippen LogP contribution in [-0.2, 0) is 5.54 Å². The van der Waals surface area contributed by atoms with Crippen LogP contribution in [0.15, 0.2) is 24.5 Å². The number of fused-ring (bicyclic) bond motifs is 1. The molecule has 2 aromatic rings. The smallest absolute Gasteiger partial charge is 0.297 e. The molecule has 0 spiro atoms. The van der Waals surface area contributed by atoms with Crippen LogP contribution < -0.4 is 4.90 Å². The van der Waals surface area contributed by atoms with Gasteiger partial charge in [-0.3, -0.25) is 9.59 Å². The molecular weight excluding hydrogens is 296 g/mol. The zero-order chi connectivity index (χ0) is 16.8. The first-order valence-corrected chi connectivity index (χ1v) is 7.37. The molecule has 7 nitrogen and oxygen atoms in total. The van der Waals surface area contributed by atoms with Gasteiger partial charge in [0.25, 0.3) is 5.91 Å². The van der Waals surface area contributed by atoms with E-state index >= 15 is 0 Å². The highest BCUT2D eigenvalue weighted by Gasteiger charge is 2.30. The first kappa shape index (κ1) is 15.2. The Morgan fingerprint density at radius 1 is 1.30 bits per heavy atom. The zero-order valence-corrected chi connectivity index (χ0v) is 13.3. The topological polar surface area (TPSA) is 88.3 Å². The lowest BCUT2D eigenvalue weighted by Gasteiger charge is -2.27. The van der Waals surface area contributed by atoms with Crippen LogP contribution in [0, 0.1) is 0 Å². The summed E-state index contributed by atoms with van der Waals surface area (Å²) in [5.41, 5.74) is 0.559. The van der Waals surface area contributed by atoms with Crippen LogP contribution in [0.25, 0.3) is 0 Å². The van der Waals surface area contributed by atoms with Crippen molar-refractivity contribution >= 4 is 17.4 Å². The third kappa shape index (κ3) is 2.69. The average Bonchev–Trinajstić information content (AvgIpc) is 2.97. The largest absolute Gasteiger partial charge is 0.508 e. The molecule has 0 aliphatic carbocycles. The third-order valence-electron chi connectivity index (χ3n) is 3.75. The van der Waals surface area contributed by atoms with E-state index in [0.29, 0.717) is 11.3 Å². The first-order valence-electron chi connectivity index (χ1n) is 7.37. The van der Waals surface area contributed by atoms with E-state index in [1.54, 1.807) is 10.7 Å². The van der Waals surface area contributed by atoms with Gasteiger partial charge >= 0.3 is 0 Å². The van der Waals surface area contributed by atoms with E-state index in [1.165, 1.54) is 23.4 Å². The van der Waals surface area contributed by atoms with Crippen LogP contribution in [0.1, 0.15) is 48.2 Å². The summed E-state index contributed by atoms with van der Waals surface area (Å²) < 4.78 is 1.63. The van der Waals surface area contributed by atoms with Crippen LogP contribution in [0.5, 0.6) is 5.75 Å². The standard InChI is InChI=1S/C16H18N4O3/c1-16(2,3)20-9-17-14(18-20)15(23)19-7-6-13(22)11-8-10(21)4-5-12(11)19/h4-5,8-9,21H,6-7H2,1-3H3. The summed E-state index contributed by atoms with van der Waals surface area (Å²) in [5, 5.41) is 13.8.